The van der Waals surface area contributed by atoms with Crippen LogP contribution in [0.1, 0.15) is 31.8 Å². The number of hydrogen-bond donors (Lipinski definition) is 0. The monoisotopic (exact) mass is 442 g/mol. The smallest absolute Gasteiger partial charge is 0.351 e. The molecule has 0 spiro atoms. The molecule has 3 aromatic rings. The van der Waals surface area contributed by atoms with E-state index in [0.29, 0.717) is 28.4 Å². The Morgan fingerprint density at radius 2 is 1.64 bits per heavy atom. The number of allylic oxidation sites excluding steroid dienone is 3. The number of ether oxygens (including phenoxy) is 4. The van der Waals surface area contributed by atoms with Crippen LogP contribution in [0.3, 0.4) is 0 Å². The van der Waals surface area contributed by atoms with Gasteiger partial charge in [0.1, 0.15) is 28.6 Å². The molecule has 0 saturated heterocycles. The molecule has 0 bridgehead atoms. The predicted molar refractivity (Wildman–Crippen MR) is 124 cm³/mol. The van der Waals surface area contributed by atoms with Gasteiger partial charge < -0.3 is 18.9 Å². The van der Waals surface area contributed by atoms with Crippen LogP contribution < -0.4 is 18.9 Å². The normalized spacial score (nSPS) is 13.7. The quantitative estimate of drug-likeness (QED) is 0.289. The minimum atomic E-state index is -0.644. The molecule has 1 aliphatic heterocycles. The number of benzene rings is 3. The van der Waals surface area contributed by atoms with Crippen LogP contribution >= 0.6 is 0 Å². The van der Waals surface area contributed by atoms with Crippen LogP contribution in [0.5, 0.6) is 23.0 Å². The lowest BCUT2D eigenvalue weighted by Gasteiger charge is -2.13. The van der Waals surface area contributed by atoms with E-state index in [0.717, 1.165) is 5.56 Å². The largest absolute Gasteiger partial charge is 0.496 e. The molecule has 3 aromatic carbocycles. The number of aryl methyl sites for hydroxylation is 1. The van der Waals surface area contributed by atoms with Crippen molar-refractivity contribution in [2.45, 2.75) is 6.92 Å². The second kappa shape index (κ2) is 9.44. The highest BCUT2D eigenvalue weighted by Crippen LogP contribution is 2.38. The number of methoxy groups -OCH3 is 2. The molecule has 0 atom stereocenters. The fourth-order valence-corrected chi connectivity index (χ4v) is 3.57. The van der Waals surface area contributed by atoms with E-state index < -0.39 is 5.97 Å². The molecular weight excluding hydrogens is 420 g/mol. The third kappa shape index (κ3) is 4.50. The number of esters is 1. The van der Waals surface area contributed by atoms with E-state index in [-0.39, 0.29) is 22.9 Å². The first-order chi connectivity index (χ1) is 16.0. The summed E-state index contributed by atoms with van der Waals surface area (Å²) in [6, 6.07) is 17.9. The van der Waals surface area contributed by atoms with E-state index in [2.05, 4.69) is 0 Å². The molecular formula is C27H22O6. The van der Waals surface area contributed by atoms with Crippen molar-refractivity contribution in [2.75, 3.05) is 14.2 Å². The Bertz CT molecular complexity index is 1250. The summed E-state index contributed by atoms with van der Waals surface area (Å²) in [6.07, 6.45) is 5.27. The zero-order chi connectivity index (χ0) is 23.4. The highest BCUT2D eigenvalue weighted by Gasteiger charge is 2.30. The summed E-state index contributed by atoms with van der Waals surface area (Å²) < 4.78 is 21.9. The van der Waals surface area contributed by atoms with Crippen molar-refractivity contribution in [3.05, 3.63) is 101 Å². The summed E-state index contributed by atoms with van der Waals surface area (Å²) in [5, 5.41) is 0. The van der Waals surface area contributed by atoms with Gasteiger partial charge in [0.15, 0.2) is 5.76 Å². The second-order valence-corrected chi connectivity index (χ2v) is 7.27. The van der Waals surface area contributed by atoms with Gasteiger partial charge in [-0.3, -0.25) is 4.79 Å². The number of carbonyl (C=O) groups excluding carboxylic acids is 2. The number of ketones is 1. The van der Waals surface area contributed by atoms with Gasteiger partial charge >= 0.3 is 5.97 Å². The summed E-state index contributed by atoms with van der Waals surface area (Å²) in [7, 11) is 2.93. The second-order valence-electron chi connectivity index (χ2n) is 7.27. The predicted octanol–water partition coefficient (Wildman–Crippen LogP) is 5.40. The Balaban J connectivity index is 1.58. The third-order valence-corrected chi connectivity index (χ3v) is 5.12. The lowest BCUT2D eigenvalue weighted by molar-refractivity contribution is 0.0727. The summed E-state index contributed by atoms with van der Waals surface area (Å²) in [4.78, 5) is 25.7. The minimum Gasteiger partial charge on any atom is -0.496 e. The van der Waals surface area contributed by atoms with Crippen molar-refractivity contribution in [1.29, 1.82) is 0 Å². The van der Waals surface area contributed by atoms with Crippen LogP contribution in [0.4, 0.5) is 0 Å². The zero-order valence-electron chi connectivity index (χ0n) is 18.5. The average molecular weight is 442 g/mol. The molecule has 0 amide bonds. The number of Topliss-reactive ketones (excluding diaryl/α,β-unsaturated/α-hetero) is 1. The van der Waals surface area contributed by atoms with Crippen molar-refractivity contribution < 1.29 is 28.5 Å². The Morgan fingerprint density at radius 1 is 0.939 bits per heavy atom. The van der Waals surface area contributed by atoms with Gasteiger partial charge in [0.05, 0.1) is 19.8 Å². The molecule has 33 heavy (non-hydrogen) atoms. The highest BCUT2D eigenvalue weighted by molar-refractivity contribution is 6.13. The first-order valence-electron chi connectivity index (χ1n) is 10.3. The van der Waals surface area contributed by atoms with Gasteiger partial charge in [0.2, 0.25) is 5.78 Å². The molecule has 1 heterocycles. The van der Waals surface area contributed by atoms with Crippen molar-refractivity contribution in [3.8, 4) is 23.0 Å². The van der Waals surface area contributed by atoms with Crippen LogP contribution in [0.2, 0.25) is 0 Å². The van der Waals surface area contributed by atoms with Crippen molar-refractivity contribution in [2.24, 2.45) is 0 Å². The first-order valence-corrected chi connectivity index (χ1v) is 10.3. The molecule has 1 aliphatic rings. The van der Waals surface area contributed by atoms with Gasteiger partial charge in [-0.15, -0.1) is 0 Å². The fraction of sp³-hybridized carbons (Fsp3) is 0.111. The van der Waals surface area contributed by atoms with Crippen molar-refractivity contribution >= 4 is 17.8 Å². The Labute approximate surface area is 191 Å². The van der Waals surface area contributed by atoms with Crippen molar-refractivity contribution in [1.82, 2.24) is 0 Å². The average Bonchev–Trinajstić information content (AvgIpc) is 3.14. The van der Waals surface area contributed by atoms with E-state index in [1.807, 2.05) is 36.4 Å². The topological polar surface area (TPSA) is 71.1 Å². The van der Waals surface area contributed by atoms with Gasteiger partial charge in [0.25, 0.3) is 0 Å². The highest BCUT2D eigenvalue weighted by atomic mass is 16.5. The minimum absolute atomic E-state index is 0.171. The molecule has 0 fully saturated rings. The standard InChI is InChI=1S/C27H22O6/c1-17-15-19(32-27(29)25-20(30-2)12-8-13-21(25)31-3)16-23-24(17)26(28)22(33-23)14-7-11-18-9-5-4-6-10-18/h4-16H,1-3H3/b11-7+,22-14-. The van der Waals surface area contributed by atoms with E-state index in [9.17, 15) is 9.59 Å². The Morgan fingerprint density at radius 3 is 2.30 bits per heavy atom. The van der Waals surface area contributed by atoms with Crippen LogP contribution in [-0.2, 0) is 0 Å². The van der Waals surface area contributed by atoms with Gasteiger partial charge in [-0.05, 0) is 42.3 Å². The molecule has 6 nitrogen and oxygen atoms in total. The van der Waals surface area contributed by atoms with E-state index in [1.165, 1.54) is 20.3 Å². The Hall–Kier alpha value is -4.32. The van der Waals surface area contributed by atoms with Gasteiger partial charge in [-0.2, -0.15) is 0 Å². The lowest BCUT2D eigenvalue weighted by atomic mass is 10.0. The van der Waals surface area contributed by atoms with Gasteiger partial charge in [-0.25, -0.2) is 4.79 Å². The molecule has 6 heteroatoms. The molecule has 0 saturated carbocycles. The number of hydrogen-bond acceptors (Lipinski definition) is 6. The third-order valence-electron chi connectivity index (χ3n) is 5.12. The number of fused-ring (bicyclic) bond motifs is 1. The van der Waals surface area contributed by atoms with Gasteiger partial charge in [-0.1, -0.05) is 48.6 Å². The summed E-state index contributed by atoms with van der Waals surface area (Å²) >= 11 is 0. The van der Waals surface area contributed by atoms with Gasteiger partial charge in [0, 0.05) is 6.07 Å². The molecule has 166 valence electrons. The van der Waals surface area contributed by atoms with E-state index >= 15 is 0 Å². The summed E-state index contributed by atoms with van der Waals surface area (Å²) in [5.74, 6) is 0.597. The van der Waals surface area contributed by atoms with E-state index in [1.54, 1.807) is 43.3 Å². The van der Waals surface area contributed by atoms with Crippen LogP contribution in [-0.4, -0.2) is 26.0 Å². The van der Waals surface area contributed by atoms with E-state index in [4.69, 9.17) is 18.9 Å². The molecule has 0 unspecified atom stereocenters. The molecule has 0 N–H and O–H groups in total. The number of carbonyl (C=O) groups is 2. The molecule has 0 aromatic heterocycles. The summed E-state index contributed by atoms with van der Waals surface area (Å²) in [6.45, 7) is 1.77. The molecule has 0 aliphatic carbocycles. The molecule has 0 radical (unpaired) electrons. The molecule has 4 rings (SSSR count). The van der Waals surface area contributed by atoms with Crippen LogP contribution in [0.25, 0.3) is 6.08 Å². The number of rotatable bonds is 6. The van der Waals surface area contributed by atoms with Crippen LogP contribution in [0, 0.1) is 6.92 Å². The summed E-state index contributed by atoms with van der Waals surface area (Å²) in [5.41, 5.74) is 2.27. The maximum absolute atomic E-state index is 12.9. The van der Waals surface area contributed by atoms with Crippen LogP contribution in [0.15, 0.2) is 78.6 Å². The SMILES string of the molecule is COc1cccc(OC)c1C(=O)Oc1cc(C)c2c(c1)O/C(=C\C=C\c1ccccc1)C2=O. The maximum Gasteiger partial charge on any atom is 0.351 e. The maximum atomic E-state index is 12.9. The fourth-order valence-electron chi connectivity index (χ4n) is 3.57. The van der Waals surface area contributed by atoms with Crippen molar-refractivity contribution in [3.63, 3.8) is 0 Å². The zero-order valence-corrected chi connectivity index (χ0v) is 18.5. The lowest BCUT2D eigenvalue weighted by Crippen LogP contribution is -2.12. The first kappa shape index (κ1) is 21.9. The Kier molecular flexibility index (Phi) is 6.26.